The van der Waals surface area contributed by atoms with Gasteiger partial charge in [0.05, 0.1) is 6.61 Å². The minimum absolute atomic E-state index is 0.309. The van der Waals surface area contributed by atoms with Crippen LogP contribution < -0.4 is 10.1 Å². The molecule has 0 radical (unpaired) electrons. The Morgan fingerprint density at radius 2 is 2.17 bits per heavy atom. The molecule has 18 heavy (non-hydrogen) atoms. The quantitative estimate of drug-likeness (QED) is 0.736. The zero-order valence-corrected chi connectivity index (χ0v) is 12.1. The minimum atomic E-state index is 0.309. The van der Waals surface area contributed by atoms with Gasteiger partial charge in [0.15, 0.2) is 0 Å². The third kappa shape index (κ3) is 5.08. The zero-order valence-electron chi connectivity index (χ0n) is 11.4. The van der Waals surface area contributed by atoms with E-state index in [-0.39, 0.29) is 0 Å². The van der Waals surface area contributed by atoms with Crippen LogP contribution in [0.5, 0.6) is 5.88 Å². The molecular weight excluding hydrogens is 250 g/mol. The summed E-state index contributed by atoms with van der Waals surface area (Å²) in [5.41, 5.74) is 0.902. The summed E-state index contributed by atoms with van der Waals surface area (Å²) >= 11 is 5.77. The smallest absolute Gasteiger partial charge is 0.226 e. The summed E-state index contributed by atoms with van der Waals surface area (Å²) in [5, 5.41) is 3.30. The second kappa shape index (κ2) is 8.14. The summed E-state index contributed by atoms with van der Waals surface area (Å²) in [6.45, 7) is 6.80. The van der Waals surface area contributed by atoms with E-state index in [1.54, 1.807) is 0 Å². The highest BCUT2D eigenvalue weighted by Crippen LogP contribution is 2.14. The Balaban J connectivity index is 2.71. The van der Waals surface area contributed by atoms with Crippen LogP contribution in [0, 0.1) is 6.92 Å². The highest BCUT2D eigenvalue weighted by atomic mass is 35.5. The number of alkyl halides is 1. The molecule has 4 nitrogen and oxygen atoms in total. The molecule has 0 aliphatic carbocycles. The summed E-state index contributed by atoms with van der Waals surface area (Å²) in [6, 6.07) is 2.16. The fourth-order valence-electron chi connectivity index (χ4n) is 1.58. The average Bonchev–Trinajstić information content (AvgIpc) is 2.35. The molecule has 1 rings (SSSR count). The number of nitrogens with zero attached hydrogens (tertiary/aromatic N) is 2. The molecule has 0 aliphatic rings. The molecule has 0 bridgehead atoms. The van der Waals surface area contributed by atoms with Crippen molar-refractivity contribution in [3.63, 3.8) is 0 Å². The van der Waals surface area contributed by atoms with Gasteiger partial charge in [0.1, 0.15) is 0 Å². The van der Waals surface area contributed by atoms with Crippen LogP contribution in [0.4, 0.5) is 5.95 Å². The lowest BCUT2D eigenvalue weighted by Crippen LogP contribution is -2.21. The Morgan fingerprint density at radius 1 is 1.39 bits per heavy atom. The number of ether oxygens (including phenoxy) is 1. The molecule has 1 aromatic heterocycles. The maximum absolute atomic E-state index is 5.77. The average molecular weight is 272 g/mol. The fourth-order valence-corrected chi connectivity index (χ4v) is 1.84. The fraction of sp³-hybridized carbons (Fsp3) is 0.692. The summed E-state index contributed by atoms with van der Waals surface area (Å²) in [4.78, 5) is 8.72. The maximum atomic E-state index is 5.77. The third-order valence-corrected chi connectivity index (χ3v) is 2.79. The number of anilines is 1. The summed E-state index contributed by atoms with van der Waals surface area (Å²) in [5.74, 6) is 1.89. The van der Waals surface area contributed by atoms with Crippen molar-refractivity contribution in [3.05, 3.63) is 11.8 Å². The van der Waals surface area contributed by atoms with Gasteiger partial charge in [-0.15, -0.1) is 11.6 Å². The van der Waals surface area contributed by atoms with Gasteiger partial charge >= 0.3 is 0 Å². The van der Waals surface area contributed by atoms with E-state index in [2.05, 4.69) is 29.1 Å². The van der Waals surface area contributed by atoms with Crippen molar-refractivity contribution >= 4 is 17.5 Å². The van der Waals surface area contributed by atoms with E-state index in [0.29, 0.717) is 30.4 Å². The first-order valence-corrected chi connectivity index (χ1v) is 7.04. The predicted octanol–water partition coefficient (Wildman–Crippen LogP) is 3.39. The number of nitrogens with one attached hydrogen (secondary N) is 1. The van der Waals surface area contributed by atoms with Crippen molar-refractivity contribution in [2.75, 3.05) is 17.8 Å². The maximum Gasteiger partial charge on any atom is 0.226 e. The van der Waals surface area contributed by atoms with E-state index in [0.717, 1.165) is 25.0 Å². The Bertz CT molecular complexity index is 360. The Morgan fingerprint density at radius 3 is 2.78 bits per heavy atom. The normalized spacial score (nSPS) is 12.2. The first kappa shape index (κ1) is 15.0. The van der Waals surface area contributed by atoms with Gasteiger partial charge < -0.3 is 10.1 Å². The van der Waals surface area contributed by atoms with Gasteiger partial charge in [0.2, 0.25) is 11.8 Å². The summed E-state index contributed by atoms with van der Waals surface area (Å²) in [7, 11) is 0. The van der Waals surface area contributed by atoms with Crippen LogP contribution in [0.1, 0.15) is 38.8 Å². The number of rotatable bonds is 8. The van der Waals surface area contributed by atoms with Crippen molar-refractivity contribution in [2.24, 2.45) is 0 Å². The molecule has 1 heterocycles. The Hall–Kier alpha value is -1.03. The molecule has 0 aliphatic heterocycles. The van der Waals surface area contributed by atoms with E-state index in [1.807, 2.05) is 13.0 Å². The number of aromatic nitrogens is 2. The van der Waals surface area contributed by atoms with Gasteiger partial charge in [0, 0.05) is 23.7 Å². The van der Waals surface area contributed by atoms with Crippen LogP contribution in [-0.2, 0) is 0 Å². The highest BCUT2D eigenvalue weighted by Gasteiger charge is 2.09. The number of hydrogen-bond donors (Lipinski definition) is 1. The third-order valence-electron chi connectivity index (χ3n) is 2.57. The van der Waals surface area contributed by atoms with Crippen LogP contribution in [0.25, 0.3) is 0 Å². The molecule has 1 N–H and O–H groups in total. The van der Waals surface area contributed by atoms with Crippen molar-refractivity contribution in [1.29, 1.82) is 0 Å². The lowest BCUT2D eigenvalue weighted by Gasteiger charge is -2.16. The van der Waals surface area contributed by atoms with E-state index in [9.17, 15) is 0 Å². The zero-order chi connectivity index (χ0) is 13.4. The Kier molecular flexibility index (Phi) is 6.80. The van der Waals surface area contributed by atoms with Gasteiger partial charge in [-0.05, 0) is 26.2 Å². The molecule has 0 amide bonds. The lowest BCUT2D eigenvalue weighted by atomic mass is 10.2. The second-order valence-corrected chi connectivity index (χ2v) is 4.62. The van der Waals surface area contributed by atoms with Gasteiger partial charge in [-0.3, -0.25) is 0 Å². The van der Waals surface area contributed by atoms with Gasteiger partial charge in [-0.2, -0.15) is 4.98 Å². The van der Waals surface area contributed by atoms with Crippen molar-refractivity contribution in [3.8, 4) is 5.88 Å². The number of aryl methyl sites for hydroxylation is 1. The summed E-state index contributed by atoms with van der Waals surface area (Å²) < 4.78 is 5.53. The van der Waals surface area contributed by atoms with Gasteiger partial charge in [-0.1, -0.05) is 13.8 Å². The lowest BCUT2D eigenvalue weighted by molar-refractivity contribution is 0.304. The molecule has 0 saturated carbocycles. The number of hydrogen-bond acceptors (Lipinski definition) is 4. The van der Waals surface area contributed by atoms with Gasteiger partial charge in [0.25, 0.3) is 0 Å². The molecule has 0 aromatic carbocycles. The molecule has 1 unspecified atom stereocenters. The molecule has 1 atom stereocenters. The topological polar surface area (TPSA) is 47.0 Å². The minimum Gasteiger partial charge on any atom is -0.478 e. The van der Waals surface area contributed by atoms with Crippen molar-refractivity contribution in [2.45, 2.75) is 46.1 Å². The molecule has 5 heteroatoms. The van der Waals surface area contributed by atoms with E-state index in [4.69, 9.17) is 16.3 Å². The first-order chi connectivity index (χ1) is 8.69. The van der Waals surface area contributed by atoms with E-state index in [1.165, 1.54) is 0 Å². The molecule has 1 aromatic rings. The van der Waals surface area contributed by atoms with Crippen LogP contribution in [0.3, 0.4) is 0 Å². The molecule has 0 fully saturated rings. The second-order valence-electron chi connectivity index (χ2n) is 4.25. The van der Waals surface area contributed by atoms with E-state index < -0.39 is 0 Å². The molecule has 102 valence electrons. The molecule has 0 saturated heterocycles. The highest BCUT2D eigenvalue weighted by molar-refractivity contribution is 6.17. The molecule has 0 spiro atoms. The largest absolute Gasteiger partial charge is 0.478 e. The van der Waals surface area contributed by atoms with Crippen molar-refractivity contribution < 1.29 is 4.74 Å². The van der Waals surface area contributed by atoms with Crippen LogP contribution in [-0.4, -0.2) is 28.5 Å². The first-order valence-electron chi connectivity index (χ1n) is 6.50. The summed E-state index contributed by atoms with van der Waals surface area (Å²) in [6.07, 6.45) is 2.87. The van der Waals surface area contributed by atoms with Gasteiger partial charge in [-0.25, -0.2) is 4.98 Å². The van der Waals surface area contributed by atoms with E-state index >= 15 is 0 Å². The molecular formula is C13H22ClN3O. The standard InChI is InChI=1S/C13H22ClN3O/c1-4-8-18-12-9-10(3)15-13(17-12)16-11(5-2)6-7-14/h9,11H,4-8H2,1-3H3,(H,15,16,17). The van der Waals surface area contributed by atoms with Crippen LogP contribution in [0.15, 0.2) is 6.07 Å². The SMILES string of the molecule is CCCOc1cc(C)nc(NC(CC)CCCl)n1. The van der Waals surface area contributed by atoms with Crippen molar-refractivity contribution in [1.82, 2.24) is 9.97 Å². The number of halogens is 1. The van der Waals surface area contributed by atoms with Crippen LogP contribution in [0.2, 0.25) is 0 Å². The predicted molar refractivity (Wildman–Crippen MR) is 75.6 cm³/mol. The Labute approximate surface area is 114 Å². The van der Waals surface area contributed by atoms with Crippen LogP contribution >= 0.6 is 11.6 Å². The monoisotopic (exact) mass is 271 g/mol.